The van der Waals surface area contributed by atoms with Gasteiger partial charge in [0.15, 0.2) is 0 Å². The fourth-order valence-corrected chi connectivity index (χ4v) is 3.92. The number of benzene rings is 2. The van der Waals surface area contributed by atoms with E-state index in [1.807, 2.05) is 26.8 Å². The highest BCUT2D eigenvalue weighted by Crippen LogP contribution is 2.36. The fourth-order valence-electron chi connectivity index (χ4n) is 2.37. The zero-order valence-corrected chi connectivity index (χ0v) is 16.3. The summed E-state index contributed by atoms with van der Waals surface area (Å²) in [6.07, 6.45) is -4.68. The van der Waals surface area contributed by atoms with Crippen molar-refractivity contribution >= 4 is 27.3 Å². The number of hydrogen-bond acceptors (Lipinski definition) is 2. The molecule has 0 aliphatic heterocycles. The summed E-state index contributed by atoms with van der Waals surface area (Å²) < 4.78 is 66.6. The highest BCUT2D eigenvalue weighted by Gasteiger charge is 2.33. The molecular formula is C18H19ClF3NO2S. The molecule has 3 nitrogen and oxygen atoms in total. The third-order valence-electron chi connectivity index (χ3n) is 3.87. The highest BCUT2D eigenvalue weighted by atomic mass is 35.5. The van der Waals surface area contributed by atoms with E-state index in [2.05, 4.69) is 4.72 Å². The van der Waals surface area contributed by atoms with Crippen LogP contribution in [0.15, 0.2) is 41.3 Å². The van der Waals surface area contributed by atoms with Gasteiger partial charge in [0.2, 0.25) is 0 Å². The molecule has 0 heterocycles. The predicted molar refractivity (Wildman–Crippen MR) is 97.1 cm³/mol. The van der Waals surface area contributed by atoms with Crippen molar-refractivity contribution in [2.24, 2.45) is 0 Å². The standard InChI is InChI=1S/C18H19ClF3NO2S/c1-11-5-6-12(17(2,3)4)9-16(11)26(24,25)23-13-7-8-15(19)14(10-13)18(20,21)22/h5-10,23H,1-4H3. The maximum atomic E-state index is 13.0. The van der Waals surface area contributed by atoms with Gasteiger partial charge < -0.3 is 0 Å². The molecule has 0 saturated heterocycles. The minimum Gasteiger partial charge on any atom is -0.280 e. The molecule has 0 aromatic heterocycles. The van der Waals surface area contributed by atoms with E-state index in [1.54, 1.807) is 13.0 Å². The van der Waals surface area contributed by atoms with Crippen LogP contribution in [0.3, 0.4) is 0 Å². The summed E-state index contributed by atoms with van der Waals surface area (Å²) in [6.45, 7) is 7.45. The van der Waals surface area contributed by atoms with Crippen LogP contribution in [0.5, 0.6) is 0 Å². The molecule has 8 heteroatoms. The van der Waals surface area contributed by atoms with Gasteiger partial charge in [0, 0.05) is 5.69 Å². The minimum atomic E-state index is -4.68. The summed E-state index contributed by atoms with van der Waals surface area (Å²) >= 11 is 5.57. The molecule has 2 aromatic rings. The largest absolute Gasteiger partial charge is 0.417 e. The summed E-state index contributed by atoms with van der Waals surface area (Å²) in [7, 11) is -4.06. The second-order valence-corrected chi connectivity index (χ2v) is 9.09. The van der Waals surface area contributed by atoms with Crippen molar-refractivity contribution in [1.29, 1.82) is 0 Å². The van der Waals surface area contributed by atoms with E-state index in [0.29, 0.717) is 11.6 Å². The second kappa shape index (κ2) is 6.78. The van der Waals surface area contributed by atoms with Gasteiger partial charge in [-0.05, 0) is 47.7 Å². The Hall–Kier alpha value is -1.73. The summed E-state index contributed by atoms with van der Waals surface area (Å²) in [5, 5.41) is -0.494. The predicted octanol–water partition coefficient (Wildman–Crippen LogP) is 5.77. The maximum Gasteiger partial charge on any atom is 0.417 e. The molecule has 2 aromatic carbocycles. The van der Waals surface area contributed by atoms with Crippen LogP contribution >= 0.6 is 11.6 Å². The average Bonchev–Trinajstić information content (AvgIpc) is 2.47. The number of aryl methyl sites for hydroxylation is 1. The molecule has 1 N–H and O–H groups in total. The van der Waals surface area contributed by atoms with E-state index in [1.165, 1.54) is 12.1 Å². The molecule has 0 saturated carbocycles. The van der Waals surface area contributed by atoms with Gasteiger partial charge in [-0.25, -0.2) is 8.42 Å². The lowest BCUT2D eigenvalue weighted by atomic mass is 9.87. The Labute approximate surface area is 156 Å². The van der Waals surface area contributed by atoms with Crippen molar-refractivity contribution in [2.45, 2.75) is 44.2 Å². The number of halogens is 4. The summed E-state index contributed by atoms with van der Waals surface area (Å²) in [5.41, 5.74) is -0.283. The van der Waals surface area contributed by atoms with Crippen molar-refractivity contribution < 1.29 is 21.6 Å². The Morgan fingerprint density at radius 1 is 1.00 bits per heavy atom. The zero-order valence-electron chi connectivity index (χ0n) is 14.7. The number of rotatable bonds is 3. The van der Waals surface area contributed by atoms with Crippen LogP contribution in [0.2, 0.25) is 5.02 Å². The van der Waals surface area contributed by atoms with Gasteiger partial charge in [0.25, 0.3) is 10.0 Å². The molecule has 0 amide bonds. The van der Waals surface area contributed by atoms with Crippen molar-refractivity contribution in [3.05, 3.63) is 58.1 Å². The van der Waals surface area contributed by atoms with Gasteiger partial charge in [0.05, 0.1) is 15.5 Å². The van der Waals surface area contributed by atoms with Crippen LogP contribution < -0.4 is 4.72 Å². The van der Waals surface area contributed by atoms with Crippen molar-refractivity contribution in [3.63, 3.8) is 0 Å². The van der Waals surface area contributed by atoms with Crippen LogP contribution in [0.1, 0.15) is 37.5 Å². The van der Waals surface area contributed by atoms with Crippen LogP contribution in [0.4, 0.5) is 18.9 Å². The summed E-state index contributed by atoms with van der Waals surface area (Å²) in [5.74, 6) is 0. The molecule has 0 fully saturated rings. The number of hydrogen-bond donors (Lipinski definition) is 1. The van der Waals surface area contributed by atoms with Crippen LogP contribution in [-0.4, -0.2) is 8.42 Å². The SMILES string of the molecule is Cc1ccc(C(C)(C)C)cc1S(=O)(=O)Nc1ccc(Cl)c(C(F)(F)F)c1. The topological polar surface area (TPSA) is 46.2 Å². The van der Waals surface area contributed by atoms with Gasteiger partial charge >= 0.3 is 6.18 Å². The summed E-state index contributed by atoms with van der Waals surface area (Å²) in [4.78, 5) is 0.0217. The normalized spacial score (nSPS) is 12.9. The minimum absolute atomic E-state index is 0.0217. The molecule has 0 radical (unpaired) electrons. The molecule has 0 spiro atoms. The quantitative estimate of drug-likeness (QED) is 0.705. The first-order chi connectivity index (χ1) is 11.7. The molecule has 0 aliphatic carbocycles. The maximum absolute atomic E-state index is 13.0. The fraction of sp³-hybridized carbons (Fsp3) is 0.333. The lowest BCUT2D eigenvalue weighted by Gasteiger charge is -2.21. The van der Waals surface area contributed by atoms with Crippen molar-refractivity contribution in [1.82, 2.24) is 0 Å². The molecular weight excluding hydrogens is 387 g/mol. The van der Waals surface area contributed by atoms with Crippen molar-refractivity contribution in [3.8, 4) is 0 Å². The van der Waals surface area contributed by atoms with Crippen molar-refractivity contribution in [2.75, 3.05) is 4.72 Å². The first-order valence-electron chi connectivity index (χ1n) is 7.72. The molecule has 0 unspecified atom stereocenters. The molecule has 2 rings (SSSR count). The smallest absolute Gasteiger partial charge is 0.280 e. The van der Waals surface area contributed by atoms with E-state index in [-0.39, 0.29) is 16.0 Å². The number of nitrogens with one attached hydrogen (secondary N) is 1. The first-order valence-corrected chi connectivity index (χ1v) is 9.58. The Morgan fingerprint density at radius 3 is 2.15 bits per heavy atom. The van der Waals surface area contributed by atoms with E-state index in [0.717, 1.165) is 11.6 Å². The van der Waals surface area contributed by atoms with Gasteiger partial charge in [0.1, 0.15) is 0 Å². The Bertz CT molecular complexity index is 932. The van der Waals surface area contributed by atoms with Crippen LogP contribution in [-0.2, 0) is 21.6 Å². The lowest BCUT2D eigenvalue weighted by molar-refractivity contribution is -0.137. The zero-order chi connectivity index (χ0) is 19.9. The van der Waals surface area contributed by atoms with Gasteiger partial charge in [-0.1, -0.05) is 44.5 Å². The molecule has 0 bridgehead atoms. The van der Waals surface area contributed by atoms with E-state index < -0.39 is 26.8 Å². The Morgan fingerprint density at radius 2 is 1.62 bits per heavy atom. The third kappa shape index (κ3) is 4.51. The average molecular weight is 406 g/mol. The highest BCUT2D eigenvalue weighted by molar-refractivity contribution is 7.92. The number of anilines is 1. The van der Waals surface area contributed by atoms with Gasteiger partial charge in [-0.15, -0.1) is 0 Å². The van der Waals surface area contributed by atoms with Gasteiger partial charge in [-0.3, -0.25) is 4.72 Å². The Kier molecular flexibility index (Phi) is 5.36. The lowest BCUT2D eigenvalue weighted by Crippen LogP contribution is -2.18. The molecule has 0 atom stereocenters. The summed E-state index contributed by atoms with van der Waals surface area (Å²) in [6, 6.07) is 7.94. The molecule has 142 valence electrons. The van der Waals surface area contributed by atoms with E-state index >= 15 is 0 Å². The first kappa shape index (κ1) is 20.6. The van der Waals surface area contributed by atoms with E-state index in [9.17, 15) is 21.6 Å². The van der Waals surface area contributed by atoms with Crippen LogP contribution in [0.25, 0.3) is 0 Å². The second-order valence-electron chi connectivity index (χ2n) is 7.03. The monoisotopic (exact) mass is 405 g/mol. The number of alkyl halides is 3. The van der Waals surface area contributed by atoms with E-state index in [4.69, 9.17) is 11.6 Å². The van der Waals surface area contributed by atoms with Crippen LogP contribution in [0, 0.1) is 6.92 Å². The third-order valence-corrected chi connectivity index (χ3v) is 5.72. The Balaban J connectivity index is 2.48. The number of sulfonamides is 1. The molecule has 0 aliphatic rings. The molecule has 26 heavy (non-hydrogen) atoms. The van der Waals surface area contributed by atoms with Gasteiger partial charge in [-0.2, -0.15) is 13.2 Å².